The molecule has 1 fully saturated rings. The topological polar surface area (TPSA) is 80.9 Å². The van der Waals surface area contributed by atoms with Crippen molar-refractivity contribution in [2.75, 3.05) is 33.4 Å². The van der Waals surface area contributed by atoms with E-state index in [1.807, 2.05) is 13.8 Å². The number of rotatable bonds is 7. The molecule has 1 saturated heterocycles. The van der Waals surface area contributed by atoms with Crippen molar-refractivity contribution in [2.24, 2.45) is 4.99 Å². The van der Waals surface area contributed by atoms with E-state index in [2.05, 4.69) is 20.6 Å². The lowest BCUT2D eigenvalue weighted by molar-refractivity contribution is 0.0420. The molecule has 1 atom stereocenters. The molecular weight excluding hydrogens is 411 g/mol. The van der Waals surface area contributed by atoms with Crippen LogP contribution < -0.4 is 10.6 Å². The van der Waals surface area contributed by atoms with Gasteiger partial charge >= 0.3 is 0 Å². The monoisotopic (exact) mass is 438 g/mol. The van der Waals surface area contributed by atoms with Crippen molar-refractivity contribution in [3.05, 3.63) is 17.3 Å². The fourth-order valence-electron chi connectivity index (χ4n) is 2.17. The largest absolute Gasteiger partial charge is 0.444 e. The van der Waals surface area contributed by atoms with Crippen LogP contribution in [0.4, 0.5) is 0 Å². The minimum absolute atomic E-state index is 0. The van der Waals surface area contributed by atoms with Crippen molar-refractivity contribution in [3.63, 3.8) is 0 Å². The standard InChI is InChI=1S/C15H26N4O3.HI/c1-11-12(2)22-14(19-11)9-18-15(16-3)17-6-4-7-21-13-5-8-20-10-13;/h13H,4-10H2,1-3H3,(H2,16,17,18);1H. The Labute approximate surface area is 154 Å². The summed E-state index contributed by atoms with van der Waals surface area (Å²) in [5.74, 6) is 2.26. The van der Waals surface area contributed by atoms with Gasteiger partial charge in [-0.3, -0.25) is 4.99 Å². The molecule has 7 nitrogen and oxygen atoms in total. The molecule has 0 radical (unpaired) electrons. The average Bonchev–Trinajstić information content (AvgIpc) is 3.12. The lowest BCUT2D eigenvalue weighted by atomic mass is 10.3. The number of aliphatic imine (C=N–C) groups is 1. The van der Waals surface area contributed by atoms with Crippen LogP contribution in [-0.2, 0) is 16.0 Å². The Kier molecular flexibility index (Phi) is 9.49. The van der Waals surface area contributed by atoms with Crippen LogP contribution in [-0.4, -0.2) is 50.5 Å². The predicted octanol–water partition coefficient (Wildman–Crippen LogP) is 1.77. The molecule has 1 aromatic rings. The Balaban J connectivity index is 0.00000264. The fraction of sp³-hybridized carbons (Fsp3) is 0.733. The zero-order chi connectivity index (χ0) is 15.8. The van der Waals surface area contributed by atoms with Crippen molar-refractivity contribution >= 4 is 29.9 Å². The van der Waals surface area contributed by atoms with E-state index < -0.39 is 0 Å². The first-order valence-electron chi connectivity index (χ1n) is 7.76. The van der Waals surface area contributed by atoms with Crippen molar-refractivity contribution in [1.82, 2.24) is 15.6 Å². The maximum Gasteiger partial charge on any atom is 0.214 e. The third-order valence-electron chi connectivity index (χ3n) is 3.56. The molecule has 0 spiro atoms. The molecule has 0 saturated carbocycles. The summed E-state index contributed by atoms with van der Waals surface area (Å²) in [6.45, 7) is 7.45. The maximum atomic E-state index is 5.71. The zero-order valence-electron chi connectivity index (χ0n) is 14.1. The number of aryl methyl sites for hydroxylation is 2. The third-order valence-corrected chi connectivity index (χ3v) is 3.56. The van der Waals surface area contributed by atoms with Gasteiger partial charge in [0, 0.05) is 26.8 Å². The molecule has 1 unspecified atom stereocenters. The quantitative estimate of drug-likeness (QED) is 0.292. The summed E-state index contributed by atoms with van der Waals surface area (Å²) in [5, 5.41) is 6.42. The normalized spacial score (nSPS) is 17.9. The first-order valence-corrected chi connectivity index (χ1v) is 7.76. The molecule has 1 aliphatic rings. The van der Waals surface area contributed by atoms with Crippen LogP contribution in [0.5, 0.6) is 0 Å². The van der Waals surface area contributed by atoms with Gasteiger partial charge in [0.2, 0.25) is 5.89 Å². The zero-order valence-corrected chi connectivity index (χ0v) is 16.4. The predicted molar refractivity (Wildman–Crippen MR) is 99.4 cm³/mol. The van der Waals surface area contributed by atoms with Crippen LogP contribution in [0, 0.1) is 13.8 Å². The lowest BCUT2D eigenvalue weighted by Crippen LogP contribution is -2.37. The van der Waals surface area contributed by atoms with Gasteiger partial charge in [-0.1, -0.05) is 0 Å². The van der Waals surface area contributed by atoms with E-state index in [9.17, 15) is 0 Å². The van der Waals surface area contributed by atoms with Gasteiger partial charge in [-0.15, -0.1) is 24.0 Å². The van der Waals surface area contributed by atoms with E-state index >= 15 is 0 Å². The van der Waals surface area contributed by atoms with Gasteiger partial charge in [0.1, 0.15) is 5.76 Å². The highest BCUT2D eigenvalue weighted by Crippen LogP contribution is 2.08. The highest BCUT2D eigenvalue weighted by molar-refractivity contribution is 14.0. The Bertz CT molecular complexity index is 468. The van der Waals surface area contributed by atoms with Gasteiger partial charge in [-0.25, -0.2) is 4.98 Å². The Morgan fingerprint density at radius 3 is 2.83 bits per heavy atom. The molecule has 0 aliphatic carbocycles. The van der Waals surface area contributed by atoms with Crippen LogP contribution in [0.1, 0.15) is 30.2 Å². The van der Waals surface area contributed by atoms with Gasteiger partial charge in [0.25, 0.3) is 0 Å². The molecule has 2 heterocycles. The van der Waals surface area contributed by atoms with Crippen LogP contribution in [0.15, 0.2) is 9.41 Å². The molecule has 2 rings (SSSR count). The molecule has 0 amide bonds. The highest BCUT2D eigenvalue weighted by Gasteiger charge is 2.15. The summed E-state index contributed by atoms with van der Waals surface area (Å²) < 4.78 is 16.5. The molecular formula is C15H27IN4O3. The second kappa shape index (κ2) is 10.8. The van der Waals surface area contributed by atoms with E-state index in [-0.39, 0.29) is 30.1 Å². The van der Waals surface area contributed by atoms with Gasteiger partial charge < -0.3 is 24.5 Å². The minimum atomic E-state index is 0. The van der Waals surface area contributed by atoms with Crippen molar-refractivity contribution in [2.45, 2.75) is 39.3 Å². The van der Waals surface area contributed by atoms with Gasteiger partial charge in [-0.2, -0.15) is 0 Å². The summed E-state index contributed by atoms with van der Waals surface area (Å²) in [6, 6.07) is 0. The maximum absolute atomic E-state index is 5.71. The highest BCUT2D eigenvalue weighted by atomic mass is 127. The van der Waals surface area contributed by atoms with Crippen LogP contribution in [0.3, 0.4) is 0 Å². The van der Waals surface area contributed by atoms with E-state index in [0.29, 0.717) is 12.4 Å². The van der Waals surface area contributed by atoms with Crippen molar-refractivity contribution < 1.29 is 13.9 Å². The first kappa shape index (κ1) is 20.2. The molecule has 0 bridgehead atoms. The van der Waals surface area contributed by atoms with Crippen LogP contribution in [0.2, 0.25) is 0 Å². The number of halogens is 1. The molecule has 1 aliphatic heterocycles. The number of guanidine groups is 1. The summed E-state index contributed by atoms with van der Waals surface area (Å²) in [4.78, 5) is 8.50. The van der Waals surface area contributed by atoms with E-state index in [4.69, 9.17) is 13.9 Å². The third kappa shape index (κ3) is 7.05. The second-order valence-corrected chi connectivity index (χ2v) is 5.31. The van der Waals surface area contributed by atoms with Gasteiger partial charge in [0.05, 0.1) is 24.9 Å². The number of ether oxygens (including phenoxy) is 2. The minimum Gasteiger partial charge on any atom is -0.444 e. The Hall–Kier alpha value is -0.870. The molecule has 132 valence electrons. The number of hydrogen-bond acceptors (Lipinski definition) is 5. The molecule has 2 N–H and O–H groups in total. The van der Waals surface area contributed by atoms with E-state index in [1.165, 1.54) is 0 Å². The lowest BCUT2D eigenvalue weighted by Gasteiger charge is -2.12. The summed E-state index contributed by atoms with van der Waals surface area (Å²) in [5.41, 5.74) is 0.924. The smallest absolute Gasteiger partial charge is 0.214 e. The number of oxazole rings is 1. The molecule has 1 aromatic heterocycles. The Morgan fingerprint density at radius 1 is 1.39 bits per heavy atom. The first-order chi connectivity index (χ1) is 10.7. The van der Waals surface area contributed by atoms with Crippen LogP contribution in [0.25, 0.3) is 0 Å². The number of nitrogens with one attached hydrogen (secondary N) is 2. The SMILES string of the molecule is CN=C(NCCCOC1CCOC1)NCc1nc(C)c(C)o1.I. The average molecular weight is 438 g/mol. The van der Waals surface area contributed by atoms with Gasteiger partial charge in [0.15, 0.2) is 5.96 Å². The number of hydrogen-bond donors (Lipinski definition) is 2. The molecule has 23 heavy (non-hydrogen) atoms. The number of nitrogens with zero attached hydrogens (tertiary/aromatic N) is 2. The fourth-order valence-corrected chi connectivity index (χ4v) is 2.17. The van der Waals surface area contributed by atoms with Crippen molar-refractivity contribution in [1.29, 1.82) is 0 Å². The second-order valence-electron chi connectivity index (χ2n) is 5.31. The summed E-state index contributed by atoms with van der Waals surface area (Å²) in [6.07, 6.45) is 2.20. The summed E-state index contributed by atoms with van der Waals surface area (Å²) >= 11 is 0. The van der Waals surface area contributed by atoms with Crippen LogP contribution >= 0.6 is 24.0 Å². The van der Waals surface area contributed by atoms with Gasteiger partial charge in [-0.05, 0) is 26.7 Å². The van der Waals surface area contributed by atoms with Crippen molar-refractivity contribution in [3.8, 4) is 0 Å². The Morgan fingerprint density at radius 2 is 2.22 bits per heavy atom. The number of aromatic nitrogens is 1. The van der Waals surface area contributed by atoms with E-state index in [1.54, 1.807) is 7.05 Å². The summed E-state index contributed by atoms with van der Waals surface area (Å²) in [7, 11) is 1.74. The molecule has 0 aromatic carbocycles. The molecule has 8 heteroatoms. The van der Waals surface area contributed by atoms with E-state index in [0.717, 1.165) is 56.6 Å².